The minimum Gasteiger partial charge on any atom is -0.480 e. The van der Waals surface area contributed by atoms with Crippen molar-refractivity contribution in [3.8, 4) is 0 Å². The quantitative estimate of drug-likeness (QED) is 0.416. The molecule has 1 fully saturated rings. The Kier molecular flexibility index (Phi) is 5.48. The molecule has 2 aliphatic rings. The van der Waals surface area contributed by atoms with E-state index in [0.29, 0.717) is 25.3 Å². The van der Waals surface area contributed by atoms with Crippen molar-refractivity contribution in [2.75, 3.05) is 0 Å². The van der Waals surface area contributed by atoms with Crippen LogP contribution in [-0.2, 0) is 17.9 Å². The van der Waals surface area contributed by atoms with Crippen molar-refractivity contribution in [2.24, 2.45) is 11.7 Å². The summed E-state index contributed by atoms with van der Waals surface area (Å²) in [5.74, 6) is -0.956. The van der Waals surface area contributed by atoms with Crippen LogP contribution in [0.25, 0.3) is 0 Å². The molecule has 1 atom stereocenters. The number of carboxylic acids is 1. The van der Waals surface area contributed by atoms with Gasteiger partial charge in [0.05, 0.1) is 0 Å². The van der Waals surface area contributed by atoms with Crippen molar-refractivity contribution >= 4 is 13.1 Å². The minimum absolute atomic E-state index is 0.0160. The largest absolute Gasteiger partial charge is 0.480 e. The lowest BCUT2D eigenvalue weighted by Gasteiger charge is -2.48. The highest BCUT2D eigenvalue weighted by molar-refractivity contribution is 6.40. The van der Waals surface area contributed by atoms with Crippen LogP contribution in [0, 0.1) is 5.92 Å². The van der Waals surface area contributed by atoms with Crippen molar-refractivity contribution in [1.82, 2.24) is 4.90 Å². The number of hydrogen-bond donors (Lipinski definition) is 4. The van der Waals surface area contributed by atoms with Crippen molar-refractivity contribution in [1.29, 1.82) is 0 Å². The van der Waals surface area contributed by atoms with Gasteiger partial charge in [-0.2, -0.15) is 0 Å². The summed E-state index contributed by atoms with van der Waals surface area (Å²) in [5, 5.41) is 27.4. The van der Waals surface area contributed by atoms with Gasteiger partial charge in [0.25, 0.3) is 0 Å². The highest BCUT2D eigenvalue weighted by Gasteiger charge is 2.49. The number of rotatable bonds is 8. The maximum absolute atomic E-state index is 11.8. The molecular formula is C18H27BN2O4. The van der Waals surface area contributed by atoms with E-state index in [2.05, 4.69) is 29.2 Å². The van der Waals surface area contributed by atoms with E-state index in [1.54, 1.807) is 0 Å². The molecule has 5 N–H and O–H groups in total. The number of unbranched alkanes of at least 4 members (excludes halogenated alkanes) is 1. The van der Waals surface area contributed by atoms with Gasteiger partial charge in [0.2, 0.25) is 0 Å². The fourth-order valence-corrected chi connectivity index (χ4v) is 4.15. The molecule has 1 saturated carbocycles. The minimum atomic E-state index is -1.33. The first-order valence-electron chi connectivity index (χ1n) is 9.09. The predicted molar refractivity (Wildman–Crippen MR) is 95.6 cm³/mol. The Balaban J connectivity index is 1.51. The standard InChI is InChI=1S/C18H27BN2O4/c20-18(17(22)23,7-3-4-8-19(24)25)15-9-16(10-15)21-11-13-5-1-2-6-14(13)12-21/h1-2,5-6,15-16,24-25H,3-4,7-12,20H2,(H,22,23)/t15-,16-,18-/m0/s1. The monoisotopic (exact) mass is 346 g/mol. The lowest BCUT2D eigenvalue weighted by atomic mass is 9.65. The number of hydrogen-bond acceptors (Lipinski definition) is 5. The van der Waals surface area contributed by atoms with E-state index in [0.717, 1.165) is 25.9 Å². The molecule has 136 valence electrons. The molecule has 0 unspecified atom stereocenters. The van der Waals surface area contributed by atoms with Crippen LogP contribution in [0.15, 0.2) is 24.3 Å². The topological polar surface area (TPSA) is 107 Å². The van der Waals surface area contributed by atoms with Crippen LogP contribution in [0.5, 0.6) is 0 Å². The fraction of sp³-hybridized carbons (Fsp3) is 0.611. The molecule has 0 radical (unpaired) electrons. The average Bonchev–Trinajstić information content (AvgIpc) is 2.93. The van der Waals surface area contributed by atoms with Gasteiger partial charge in [-0.15, -0.1) is 0 Å². The number of nitrogens with zero attached hydrogens (tertiary/aromatic N) is 1. The zero-order valence-electron chi connectivity index (χ0n) is 14.5. The number of aliphatic carboxylic acids is 1. The van der Waals surface area contributed by atoms with Gasteiger partial charge < -0.3 is 20.9 Å². The van der Waals surface area contributed by atoms with E-state index in [-0.39, 0.29) is 12.2 Å². The van der Waals surface area contributed by atoms with Crippen molar-refractivity contribution < 1.29 is 19.9 Å². The molecule has 7 heteroatoms. The fourth-order valence-electron chi connectivity index (χ4n) is 4.15. The third-order valence-electron chi connectivity index (χ3n) is 5.92. The third-order valence-corrected chi connectivity index (χ3v) is 5.92. The van der Waals surface area contributed by atoms with Gasteiger partial charge >= 0.3 is 13.1 Å². The van der Waals surface area contributed by atoms with Crippen LogP contribution in [0.1, 0.15) is 43.2 Å². The van der Waals surface area contributed by atoms with Crippen LogP contribution < -0.4 is 5.73 Å². The highest BCUT2D eigenvalue weighted by atomic mass is 16.4. The first-order chi connectivity index (χ1) is 11.9. The second-order valence-electron chi connectivity index (χ2n) is 7.57. The summed E-state index contributed by atoms with van der Waals surface area (Å²) in [7, 11) is -1.33. The Morgan fingerprint density at radius 1 is 1.20 bits per heavy atom. The van der Waals surface area contributed by atoms with Crippen molar-refractivity contribution in [3.63, 3.8) is 0 Å². The summed E-state index contributed by atoms with van der Waals surface area (Å²) in [4.78, 5) is 14.2. The summed E-state index contributed by atoms with van der Waals surface area (Å²) in [6.07, 6.45) is 3.44. The van der Waals surface area contributed by atoms with Crippen LogP contribution in [0.4, 0.5) is 0 Å². The van der Waals surface area contributed by atoms with Gasteiger partial charge in [-0.3, -0.25) is 9.69 Å². The van der Waals surface area contributed by atoms with Gasteiger partial charge in [-0.1, -0.05) is 37.1 Å². The van der Waals surface area contributed by atoms with Gasteiger partial charge in [0, 0.05) is 19.1 Å². The summed E-state index contributed by atoms with van der Waals surface area (Å²) in [5.41, 5.74) is 7.79. The van der Waals surface area contributed by atoms with E-state index >= 15 is 0 Å². The normalized spacial score (nSPS) is 25.1. The number of carbonyl (C=O) groups is 1. The average molecular weight is 346 g/mol. The van der Waals surface area contributed by atoms with Crippen LogP contribution >= 0.6 is 0 Å². The Labute approximate surface area is 148 Å². The van der Waals surface area contributed by atoms with Gasteiger partial charge in [0.15, 0.2) is 0 Å². The molecule has 3 rings (SSSR count). The van der Waals surface area contributed by atoms with Crippen molar-refractivity contribution in [3.05, 3.63) is 35.4 Å². The molecule has 1 aromatic carbocycles. The van der Waals surface area contributed by atoms with Crippen LogP contribution in [0.2, 0.25) is 6.32 Å². The molecule has 0 saturated heterocycles. The Bertz CT molecular complexity index is 596. The van der Waals surface area contributed by atoms with E-state index in [1.165, 1.54) is 11.1 Å². The number of fused-ring (bicyclic) bond motifs is 1. The summed E-state index contributed by atoms with van der Waals surface area (Å²) < 4.78 is 0. The van der Waals surface area contributed by atoms with Crippen LogP contribution in [-0.4, -0.2) is 44.7 Å². The zero-order chi connectivity index (χ0) is 18.0. The van der Waals surface area contributed by atoms with E-state index < -0.39 is 18.6 Å². The Morgan fingerprint density at radius 3 is 2.32 bits per heavy atom. The van der Waals surface area contributed by atoms with Crippen LogP contribution in [0.3, 0.4) is 0 Å². The number of carboxylic acid groups (broad SMARTS) is 1. The van der Waals surface area contributed by atoms with E-state index in [4.69, 9.17) is 15.8 Å². The first-order valence-corrected chi connectivity index (χ1v) is 9.09. The molecule has 1 aliphatic heterocycles. The molecule has 25 heavy (non-hydrogen) atoms. The third kappa shape index (κ3) is 3.90. The molecular weight excluding hydrogens is 319 g/mol. The second kappa shape index (κ2) is 7.46. The molecule has 0 bridgehead atoms. The highest BCUT2D eigenvalue weighted by Crippen LogP contribution is 2.43. The molecule has 0 amide bonds. The lowest BCUT2D eigenvalue weighted by Crippen LogP contribution is -2.61. The number of nitrogens with two attached hydrogens (primary N) is 1. The second-order valence-corrected chi connectivity index (χ2v) is 7.57. The Morgan fingerprint density at radius 2 is 1.80 bits per heavy atom. The summed E-state index contributed by atoms with van der Waals surface area (Å²) >= 11 is 0. The molecule has 6 nitrogen and oxygen atoms in total. The molecule has 1 aromatic rings. The maximum Gasteiger partial charge on any atom is 0.451 e. The SMILES string of the molecule is N[C@](CCCCB(O)O)(C(=O)O)[C@H]1C[C@H](N2Cc3ccccc3C2)C1. The van der Waals surface area contributed by atoms with Crippen molar-refractivity contribution in [2.45, 2.75) is 63.1 Å². The molecule has 1 heterocycles. The van der Waals surface area contributed by atoms with E-state index in [1.807, 2.05) is 0 Å². The summed E-state index contributed by atoms with van der Waals surface area (Å²) in [6.45, 7) is 1.87. The molecule has 0 aromatic heterocycles. The van der Waals surface area contributed by atoms with Gasteiger partial charge in [-0.25, -0.2) is 0 Å². The maximum atomic E-state index is 11.8. The number of benzene rings is 1. The summed E-state index contributed by atoms with van der Waals surface area (Å²) in [6, 6.07) is 8.84. The van der Waals surface area contributed by atoms with Gasteiger partial charge in [0.1, 0.15) is 5.54 Å². The Hall–Kier alpha value is -1.41. The smallest absolute Gasteiger partial charge is 0.451 e. The molecule has 1 aliphatic carbocycles. The van der Waals surface area contributed by atoms with Gasteiger partial charge in [-0.05, 0) is 42.6 Å². The lowest BCUT2D eigenvalue weighted by molar-refractivity contribution is -0.149. The predicted octanol–water partition coefficient (Wildman–Crippen LogP) is 1.21. The zero-order valence-corrected chi connectivity index (χ0v) is 14.5. The molecule has 0 spiro atoms. The first kappa shape index (κ1) is 18.4. The van der Waals surface area contributed by atoms with E-state index in [9.17, 15) is 9.90 Å².